The van der Waals surface area contributed by atoms with Gasteiger partial charge in [0.25, 0.3) is 11.8 Å². The summed E-state index contributed by atoms with van der Waals surface area (Å²) < 4.78 is 0. The predicted octanol–water partition coefficient (Wildman–Crippen LogP) is 3.29. The molecule has 0 unspecified atom stereocenters. The van der Waals surface area contributed by atoms with Crippen LogP contribution in [0.1, 0.15) is 33.6 Å². The SMILES string of the molecule is C=CCNC(=O)[C@@H](NC(=O)c1ccccc1)C1CCN(C(=O)c2ccc(Cl)cc2)CC1. The molecular weight excluding hydrogens is 414 g/mol. The van der Waals surface area contributed by atoms with E-state index in [1.807, 2.05) is 6.07 Å². The molecule has 1 aliphatic heterocycles. The minimum Gasteiger partial charge on any atom is -0.351 e. The number of benzene rings is 2. The molecule has 1 atom stereocenters. The van der Waals surface area contributed by atoms with Gasteiger partial charge in [-0.2, -0.15) is 0 Å². The summed E-state index contributed by atoms with van der Waals surface area (Å²) in [5.41, 5.74) is 1.08. The number of nitrogens with one attached hydrogen (secondary N) is 2. The quantitative estimate of drug-likeness (QED) is 0.650. The normalized spacial score (nSPS) is 15.1. The van der Waals surface area contributed by atoms with Gasteiger partial charge in [0.15, 0.2) is 0 Å². The number of rotatable bonds is 7. The molecule has 0 aliphatic carbocycles. The van der Waals surface area contributed by atoms with E-state index in [0.717, 1.165) is 0 Å². The first kappa shape index (κ1) is 22.6. The summed E-state index contributed by atoms with van der Waals surface area (Å²) in [7, 11) is 0. The highest BCUT2D eigenvalue weighted by Gasteiger charge is 2.34. The van der Waals surface area contributed by atoms with E-state index in [4.69, 9.17) is 11.6 Å². The van der Waals surface area contributed by atoms with E-state index >= 15 is 0 Å². The third-order valence-corrected chi connectivity index (χ3v) is 5.67. The number of hydrogen-bond acceptors (Lipinski definition) is 3. The zero-order valence-electron chi connectivity index (χ0n) is 17.2. The average Bonchev–Trinajstić information content (AvgIpc) is 2.81. The van der Waals surface area contributed by atoms with Crippen molar-refractivity contribution in [1.29, 1.82) is 0 Å². The molecule has 2 N–H and O–H groups in total. The molecule has 1 fully saturated rings. The van der Waals surface area contributed by atoms with Gasteiger partial charge in [-0.3, -0.25) is 14.4 Å². The maximum Gasteiger partial charge on any atom is 0.253 e. The average molecular weight is 440 g/mol. The monoisotopic (exact) mass is 439 g/mol. The maximum absolute atomic E-state index is 12.8. The lowest BCUT2D eigenvalue weighted by molar-refractivity contribution is -0.124. The lowest BCUT2D eigenvalue weighted by Crippen LogP contribution is -2.53. The molecule has 0 radical (unpaired) electrons. The van der Waals surface area contributed by atoms with Crippen molar-refractivity contribution in [2.45, 2.75) is 18.9 Å². The van der Waals surface area contributed by atoms with Crippen LogP contribution >= 0.6 is 11.6 Å². The molecule has 2 aromatic carbocycles. The Labute approximate surface area is 187 Å². The molecule has 6 nitrogen and oxygen atoms in total. The first-order valence-corrected chi connectivity index (χ1v) is 10.7. The summed E-state index contributed by atoms with van der Waals surface area (Å²) in [6, 6.07) is 14.9. The fourth-order valence-corrected chi connectivity index (χ4v) is 3.83. The topological polar surface area (TPSA) is 78.5 Å². The number of carbonyl (C=O) groups excluding carboxylic acids is 3. The minimum absolute atomic E-state index is 0.0592. The van der Waals surface area contributed by atoms with Crippen LogP contribution in [0, 0.1) is 5.92 Å². The number of likely N-dealkylation sites (tertiary alicyclic amines) is 1. The lowest BCUT2D eigenvalue weighted by Gasteiger charge is -2.35. The number of nitrogens with zero attached hydrogens (tertiary/aromatic N) is 1. The highest BCUT2D eigenvalue weighted by Crippen LogP contribution is 2.23. The summed E-state index contributed by atoms with van der Waals surface area (Å²) >= 11 is 5.90. The van der Waals surface area contributed by atoms with Gasteiger partial charge in [-0.05, 0) is 55.2 Å². The van der Waals surface area contributed by atoms with Gasteiger partial charge in [-0.25, -0.2) is 0 Å². The highest BCUT2D eigenvalue weighted by molar-refractivity contribution is 6.30. The van der Waals surface area contributed by atoms with E-state index in [2.05, 4.69) is 17.2 Å². The van der Waals surface area contributed by atoms with Crippen LogP contribution in [0.2, 0.25) is 5.02 Å². The minimum atomic E-state index is -0.680. The lowest BCUT2D eigenvalue weighted by atomic mass is 9.88. The van der Waals surface area contributed by atoms with E-state index < -0.39 is 6.04 Å². The number of piperidine rings is 1. The molecule has 162 valence electrons. The summed E-state index contributed by atoms with van der Waals surface area (Å²) in [6.07, 6.45) is 2.82. The Morgan fingerprint density at radius 3 is 2.29 bits per heavy atom. The van der Waals surface area contributed by atoms with E-state index in [-0.39, 0.29) is 23.6 Å². The molecule has 31 heavy (non-hydrogen) atoms. The molecule has 2 aromatic rings. The summed E-state index contributed by atoms with van der Waals surface area (Å²) in [4.78, 5) is 40.0. The smallest absolute Gasteiger partial charge is 0.253 e. The second-order valence-electron chi connectivity index (χ2n) is 7.49. The van der Waals surface area contributed by atoms with Gasteiger partial charge < -0.3 is 15.5 Å². The Morgan fingerprint density at radius 1 is 1.03 bits per heavy atom. The zero-order chi connectivity index (χ0) is 22.2. The van der Waals surface area contributed by atoms with Crippen LogP contribution in [-0.4, -0.2) is 48.3 Å². The van der Waals surface area contributed by atoms with Gasteiger partial charge in [0.05, 0.1) is 0 Å². The Morgan fingerprint density at radius 2 is 1.68 bits per heavy atom. The van der Waals surface area contributed by atoms with Crippen LogP contribution in [-0.2, 0) is 4.79 Å². The Kier molecular flexibility index (Phi) is 7.84. The van der Waals surface area contributed by atoms with Crippen molar-refractivity contribution in [3.05, 3.63) is 83.4 Å². The molecule has 1 saturated heterocycles. The first-order chi connectivity index (χ1) is 15.0. The molecule has 0 saturated carbocycles. The van der Waals surface area contributed by atoms with Crippen LogP contribution in [0.5, 0.6) is 0 Å². The highest BCUT2D eigenvalue weighted by atomic mass is 35.5. The molecular formula is C24H26ClN3O3. The second kappa shape index (κ2) is 10.8. The van der Waals surface area contributed by atoms with Gasteiger partial charge >= 0.3 is 0 Å². The molecule has 0 bridgehead atoms. The molecule has 0 spiro atoms. The van der Waals surface area contributed by atoms with Gasteiger partial charge in [0, 0.05) is 35.8 Å². The summed E-state index contributed by atoms with van der Waals surface area (Å²) in [6.45, 7) is 4.97. The molecule has 3 rings (SSSR count). The fraction of sp³-hybridized carbons (Fsp3) is 0.292. The van der Waals surface area contributed by atoms with Crippen molar-refractivity contribution < 1.29 is 14.4 Å². The molecule has 0 aromatic heterocycles. The van der Waals surface area contributed by atoms with Crippen LogP contribution in [0.15, 0.2) is 67.3 Å². The first-order valence-electron chi connectivity index (χ1n) is 10.3. The van der Waals surface area contributed by atoms with Crippen molar-refractivity contribution in [1.82, 2.24) is 15.5 Å². The molecule has 7 heteroatoms. The standard InChI is InChI=1S/C24H26ClN3O3/c1-2-14-26-23(30)21(27-22(29)18-6-4-3-5-7-18)17-12-15-28(16-13-17)24(31)19-8-10-20(25)11-9-19/h2-11,17,21H,1,12-16H2,(H,26,30)(H,27,29)/t21-/m0/s1. The van der Waals surface area contributed by atoms with Gasteiger partial charge in [-0.1, -0.05) is 35.9 Å². The van der Waals surface area contributed by atoms with E-state index in [1.165, 1.54) is 0 Å². The number of amides is 3. The Bertz CT molecular complexity index is 923. The number of halogens is 1. The maximum atomic E-state index is 12.8. The Hall–Kier alpha value is -3.12. The number of hydrogen-bond donors (Lipinski definition) is 2. The van der Waals surface area contributed by atoms with Crippen molar-refractivity contribution in [2.24, 2.45) is 5.92 Å². The van der Waals surface area contributed by atoms with Crippen molar-refractivity contribution in [3.8, 4) is 0 Å². The van der Waals surface area contributed by atoms with Crippen molar-refractivity contribution >= 4 is 29.3 Å². The van der Waals surface area contributed by atoms with Crippen molar-refractivity contribution in [2.75, 3.05) is 19.6 Å². The van der Waals surface area contributed by atoms with E-state index in [0.29, 0.717) is 48.6 Å². The third-order valence-electron chi connectivity index (χ3n) is 5.42. The van der Waals surface area contributed by atoms with Crippen molar-refractivity contribution in [3.63, 3.8) is 0 Å². The molecule has 1 heterocycles. The van der Waals surface area contributed by atoms with E-state index in [1.54, 1.807) is 59.5 Å². The van der Waals surface area contributed by atoms with Gasteiger partial charge in [0.1, 0.15) is 6.04 Å². The number of carbonyl (C=O) groups is 3. The van der Waals surface area contributed by atoms with Crippen LogP contribution in [0.4, 0.5) is 0 Å². The Balaban J connectivity index is 1.66. The summed E-state index contributed by atoms with van der Waals surface area (Å²) in [5.74, 6) is -0.673. The van der Waals surface area contributed by atoms with Gasteiger partial charge in [-0.15, -0.1) is 6.58 Å². The molecule has 1 aliphatic rings. The summed E-state index contributed by atoms with van der Waals surface area (Å²) in [5, 5.41) is 6.26. The van der Waals surface area contributed by atoms with Crippen LogP contribution < -0.4 is 10.6 Å². The van der Waals surface area contributed by atoms with E-state index in [9.17, 15) is 14.4 Å². The predicted molar refractivity (Wildman–Crippen MR) is 121 cm³/mol. The second-order valence-corrected chi connectivity index (χ2v) is 7.92. The van der Waals surface area contributed by atoms with Gasteiger partial charge in [0.2, 0.25) is 5.91 Å². The third kappa shape index (κ3) is 5.95. The zero-order valence-corrected chi connectivity index (χ0v) is 18.0. The fourth-order valence-electron chi connectivity index (χ4n) is 3.71. The largest absolute Gasteiger partial charge is 0.351 e. The molecule has 3 amide bonds. The van der Waals surface area contributed by atoms with Crippen LogP contribution in [0.25, 0.3) is 0 Å². The van der Waals surface area contributed by atoms with Crippen LogP contribution in [0.3, 0.4) is 0 Å².